The predicted octanol–water partition coefficient (Wildman–Crippen LogP) is 8.81. The van der Waals surface area contributed by atoms with Crippen molar-refractivity contribution >= 4 is 34.6 Å². The zero-order valence-electron chi connectivity index (χ0n) is 30.2. The lowest BCUT2D eigenvalue weighted by molar-refractivity contribution is -0.143. The number of hydrogen-bond donors (Lipinski definition) is 1. The van der Waals surface area contributed by atoms with E-state index in [4.69, 9.17) is 4.74 Å². The quantitative estimate of drug-likeness (QED) is 0.126. The molecule has 1 saturated carbocycles. The van der Waals surface area contributed by atoms with Crippen molar-refractivity contribution in [2.24, 2.45) is 29.6 Å². The monoisotopic (exact) mass is 795 g/mol. The fourth-order valence-corrected chi connectivity index (χ4v) is 10.0. The Bertz CT molecular complexity index is 2490. The molecule has 0 unspecified atom stereocenters. The third kappa shape index (κ3) is 5.65. The first-order valence-electron chi connectivity index (χ1n) is 18.5. The summed E-state index contributed by atoms with van der Waals surface area (Å²) in [6, 6.07) is 22.5. The van der Waals surface area contributed by atoms with E-state index in [2.05, 4.69) is 0 Å². The number of anilines is 1. The molecule has 3 aliphatic carbocycles. The number of phenols is 1. The lowest BCUT2D eigenvalue weighted by atomic mass is 9.44. The number of ketones is 2. The van der Waals surface area contributed by atoms with Crippen molar-refractivity contribution in [1.82, 2.24) is 0 Å². The molecule has 9 rings (SSSR count). The maximum atomic E-state index is 15.2. The number of imide groups is 1. The number of Topliss-reactive ketones (excluding diaryl/α,β-unsaturated/α-hetero) is 1. The van der Waals surface area contributed by atoms with Crippen molar-refractivity contribution in [2.75, 3.05) is 4.90 Å². The van der Waals surface area contributed by atoms with E-state index >= 15 is 9.59 Å². The SMILES string of the molecule is O=C1C(c2ccccc2)=CC(=O)[C@@]2(c3ccccc3)[C@@H](C3=COc4ccc(O)cc4C3)C3=CC[C@@H]4C(=O)N(c5cc(C(F)(F)F)cc(C(F)(F)F)c5)C(=O)[C@@H]4[C@@H]3C[C@@H]12. The molecule has 5 aliphatic rings. The smallest absolute Gasteiger partial charge is 0.416 e. The van der Waals surface area contributed by atoms with Crippen LogP contribution in [0.2, 0.25) is 0 Å². The second-order valence-corrected chi connectivity index (χ2v) is 15.3. The van der Waals surface area contributed by atoms with Gasteiger partial charge in [-0.15, -0.1) is 0 Å². The minimum Gasteiger partial charge on any atom is -0.508 e. The third-order valence-electron chi connectivity index (χ3n) is 12.4. The Labute approximate surface area is 326 Å². The zero-order chi connectivity index (χ0) is 40.9. The van der Waals surface area contributed by atoms with Gasteiger partial charge in [-0.05, 0) is 77.9 Å². The van der Waals surface area contributed by atoms with E-state index in [1.54, 1.807) is 72.8 Å². The van der Waals surface area contributed by atoms with Crippen LogP contribution >= 0.6 is 0 Å². The van der Waals surface area contributed by atoms with Crippen LogP contribution in [0.3, 0.4) is 0 Å². The van der Waals surface area contributed by atoms with E-state index in [0.29, 0.717) is 50.6 Å². The maximum Gasteiger partial charge on any atom is 0.416 e. The molecule has 294 valence electrons. The van der Waals surface area contributed by atoms with Crippen LogP contribution in [0.4, 0.5) is 32.0 Å². The van der Waals surface area contributed by atoms with Gasteiger partial charge in [-0.25, -0.2) is 4.90 Å². The topological polar surface area (TPSA) is 101 Å². The fraction of sp³-hybridized carbons (Fsp3) is 0.244. The summed E-state index contributed by atoms with van der Waals surface area (Å²) in [6.07, 6.45) is -6.00. The standard InChI is InChI=1S/C45H31F6NO6/c46-44(47,48)27-17-28(45(49,50)51)19-29(18-27)52-41(56)32-13-12-31-34(38(32)42(52)57)20-35-40(55)33(23-7-3-1-4-8-23)21-37(54)43(35,26-9-5-2-6-10-26)39(31)25-15-24-16-30(53)11-14-36(24)58-22-25/h1-12,14,16-19,21-22,32,34-35,38-39,53H,13,15,20H2/t32-,34+,35-,38-,39-,43-/m0/s1. The summed E-state index contributed by atoms with van der Waals surface area (Å²) < 4.78 is 89.9. The van der Waals surface area contributed by atoms with Crippen molar-refractivity contribution < 1.29 is 55.4 Å². The summed E-state index contributed by atoms with van der Waals surface area (Å²) in [6.45, 7) is 0. The molecule has 6 atom stereocenters. The number of hydrogen-bond acceptors (Lipinski definition) is 6. The van der Waals surface area contributed by atoms with E-state index in [0.717, 1.165) is 0 Å². The number of carbonyl (C=O) groups excluding carboxylic acids is 4. The Morgan fingerprint density at radius 3 is 2.07 bits per heavy atom. The predicted molar refractivity (Wildman–Crippen MR) is 197 cm³/mol. The number of allylic oxidation sites excluding steroid dienone is 5. The van der Waals surface area contributed by atoms with Gasteiger partial charge in [0.2, 0.25) is 11.8 Å². The number of aromatic hydroxyl groups is 1. The Kier molecular flexibility index (Phi) is 8.47. The highest BCUT2D eigenvalue weighted by molar-refractivity contribution is 6.31. The number of alkyl halides is 6. The largest absolute Gasteiger partial charge is 0.508 e. The van der Waals surface area contributed by atoms with Gasteiger partial charge < -0.3 is 9.84 Å². The lowest BCUT2D eigenvalue weighted by Gasteiger charge is -2.56. The van der Waals surface area contributed by atoms with Gasteiger partial charge in [0, 0.05) is 29.4 Å². The molecular weight excluding hydrogens is 764 g/mol. The number of rotatable bonds is 4. The van der Waals surface area contributed by atoms with Crippen LogP contribution in [0.5, 0.6) is 11.5 Å². The molecule has 2 fully saturated rings. The Morgan fingerprint density at radius 1 is 0.759 bits per heavy atom. The third-order valence-corrected chi connectivity index (χ3v) is 12.4. The molecule has 4 aromatic carbocycles. The van der Waals surface area contributed by atoms with Gasteiger partial charge >= 0.3 is 12.4 Å². The average molecular weight is 796 g/mol. The lowest BCUT2D eigenvalue weighted by Crippen LogP contribution is -2.60. The molecule has 13 heteroatoms. The highest BCUT2D eigenvalue weighted by atomic mass is 19.4. The second-order valence-electron chi connectivity index (χ2n) is 15.3. The number of nitrogens with zero attached hydrogens (tertiary/aromatic N) is 1. The first-order valence-corrected chi connectivity index (χ1v) is 18.5. The van der Waals surface area contributed by atoms with E-state index in [1.165, 1.54) is 24.5 Å². The summed E-state index contributed by atoms with van der Waals surface area (Å²) in [4.78, 5) is 59.6. The van der Waals surface area contributed by atoms with Crippen LogP contribution in [0.1, 0.15) is 40.7 Å². The Hall–Kier alpha value is -6.24. The Balaban J connectivity index is 1.23. The number of benzene rings is 4. The van der Waals surface area contributed by atoms with Gasteiger partial charge in [-0.3, -0.25) is 19.2 Å². The number of phenolic OH excluding ortho intramolecular Hbond substituents is 1. The number of fused-ring (bicyclic) bond motifs is 5. The summed E-state index contributed by atoms with van der Waals surface area (Å²) in [5.41, 5.74) is -3.07. The Morgan fingerprint density at radius 2 is 1.41 bits per heavy atom. The molecule has 7 nitrogen and oxygen atoms in total. The average Bonchev–Trinajstić information content (AvgIpc) is 3.46. The summed E-state index contributed by atoms with van der Waals surface area (Å²) >= 11 is 0. The van der Waals surface area contributed by atoms with Crippen molar-refractivity contribution in [3.05, 3.63) is 154 Å². The van der Waals surface area contributed by atoms with E-state index in [-0.39, 0.29) is 36.7 Å². The van der Waals surface area contributed by atoms with Crippen molar-refractivity contribution in [3.8, 4) is 11.5 Å². The number of halogens is 6. The first-order chi connectivity index (χ1) is 27.6. The molecular formula is C45H31F6NO6. The molecule has 58 heavy (non-hydrogen) atoms. The highest BCUT2D eigenvalue weighted by Crippen LogP contribution is 2.63. The number of amides is 2. The first kappa shape index (κ1) is 37.3. The van der Waals surface area contributed by atoms with Crippen molar-refractivity contribution in [2.45, 2.75) is 37.0 Å². The van der Waals surface area contributed by atoms with E-state index in [9.17, 15) is 41.0 Å². The van der Waals surface area contributed by atoms with Crippen molar-refractivity contribution in [1.29, 1.82) is 0 Å². The molecule has 0 bridgehead atoms. The highest BCUT2D eigenvalue weighted by Gasteiger charge is 2.66. The van der Waals surface area contributed by atoms with Crippen LogP contribution in [0.25, 0.3) is 5.57 Å². The number of carbonyl (C=O) groups is 4. The van der Waals surface area contributed by atoms with Crippen LogP contribution in [0.15, 0.2) is 127 Å². The molecule has 1 N–H and O–H groups in total. The van der Waals surface area contributed by atoms with Gasteiger partial charge in [0.15, 0.2) is 11.6 Å². The summed E-state index contributed by atoms with van der Waals surface area (Å²) in [7, 11) is 0. The van der Waals surface area contributed by atoms with E-state index < -0.39 is 87.6 Å². The minimum absolute atomic E-state index is 0.0433. The fourth-order valence-electron chi connectivity index (χ4n) is 10.0. The second kappa shape index (κ2) is 13.2. The molecule has 0 radical (unpaired) electrons. The zero-order valence-corrected chi connectivity index (χ0v) is 30.2. The van der Waals surface area contributed by atoms with Gasteiger partial charge in [0.25, 0.3) is 0 Å². The van der Waals surface area contributed by atoms with Crippen molar-refractivity contribution in [3.63, 3.8) is 0 Å². The van der Waals surface area contributed by atoms with Gasteiger partial charge in [-0.2, -0.15) is 26.3 Å². The van der Waals surface area contributed by atoms with Gasteiger partial charge in [-0.1, -0.05) is 72.3 Å². The minimum atomic E-state index is -5.23. The molecule has 4 aromatic rings. The molecule has 2 aliphatic heterocycles. The van der Waals surface area contributed by atoms with Crippen LogP contribution in [-0.2, 0) is 43.4 Å². The molecule has 2 amide bonds. The summed E-state index contributed by atoms with van der Waals surface area (Å²) in [5, 5.41) is 10.4. The van der Waals surface area contributed by atoms with Crippen LogP contribution in [0, 0.1) is 29.6 Å². The maximum absolute atomic E-state index is 15.2. The molecule has 1 saturated heterocycles. The molecule has 0 spiro atoms. The molecule has 0 aromatic heterocycles. The normalized spacial score (nSPS) is 26.8. The van der Waals surface area contributed by atoms with E-state index in [1.807, 2.05) is 0 Å². The van der Waals surface area contributed by atoms with Gasteiger partial charge in [0.05, 0.1) is 40.3 Å². The number of ether oxygens (including phenoxy) is 1. The van der Waals surface area contributed by atoms with Gasteiger partial charge in [0.1, 0.15) is 11.5 Å². The van der Waals surface area contributed by atoms with Crippen LogP contribution < -0.4 is 9.64 Å². The summed E-state index contributed by atoms with van der Waals surface area (Å²) in [5.74, 6) is -7.89. The molecule has 2 heterocycles. The van der Waals surface area contributed by atoms with Crippen LogP contribution in [-0.4, -0.2) is 28.5 Å².